The van der Waals surface area contributed by atoms with Crippen LogP contribution in [0.3, 0.4) is 0 Å². The van der Waals surface area contributed by atoms with E-state index in [1.54, 1.807) is 30.6 Å². The van der Waals surface area contributed by atoms with Crippen LogP contribution < -0.4 is 10.6 Å². The van der Waals surface area contributed by atoms with Gasteiger partial charge >= 0.3 is 0 Å². The summed E-state index contributed by atoms with van der Waals surface area (Å²) in [5, 5.41) is 5.53. The van der Waals surface area contributed by atoms with Gasteiger partial charge in [0.25, 0.3) is 5.91 Å². The van der Waals surface area contributed by atoms with Crippen LogP contribution in [0, 0.1) is 0 Å². The zero-order chi connectivity index (χ0) is 16.2. The molecule has 0 radical (unpaired) electrons. The van der Waals surface area contributed by atoms with Crippen LogP contribution in [0.15, 0.2) is 48.8 Å². The fraction of sp³-hybridized carbons (Fsp3) is 0.118. The van der Waals surface area contributed by atoms with E-state index in [4.69, 9.17) is 0 Å². The number of anilines is 1. The third-order valence-corrected chi connectivity index (χ3v) is 3.41. The molecule has 1 heterocycles. The van der Waals surface area contributed by atoms with Gasteiger partial charge in [-0.1, -0.05) is 6.07 Å². The number of H-pyrrole nitrogens is 1. The third kappa shape index (κ3) is 3.55. The minimum atomic E-state index is -0.163. The third-order valence-electron chi connectivity index (χ3n) is 3.41. The quantitative estimate of drug-likeness (QED) is 0.692. The molecule has 0 atom stereocenters. The number of hydrogen-bond acceptors (Lipinski definition) is 3. The summed E-state index contributed by atoms with van der Waals surface area (Å²) >= 11 is 0. The summed E-state index contributed by atoms with van der Waals surface area (Å²) in [7, 11) is 0. The smallest absolute Gasteiger partial charge is 0.251 e. The first-order chi connectivity index (χ1) is 11.1. The van der Waals surface area contributed by atoms with Crippen LogP contribution in [0.1, 0.15) is 22.8 Å². The number of benzene rings is 2. The van der Waals surface area contributed by atoms with E-state index in [1.165, 1.54) is 6.92 Å². The lowest BCUT2D eigenvalue weighted by Crippen LogP contribution is -2.22. The summed E-state index contributed by atoms with van der Waals surface area (Å²) < 4.78 is 0. The minimum Gasteiger partial charge on any atom is -0.348 e. The highest BCUT2D eigenvalue weighted by Gasteiger charge is 2.06. The fourth-order valence-corrected chi connectivity index (χ4v) is 2.29. The normalized spacial score (nSPS) is 10.5. The molecule has 0 spiro atoms. The topological polar surface area (TPSA) is 86.9 Å². The van der Waals surface area contributed by atoms with Gasteiger partial charge < -0.3 is 15.6 Å². The van der Waals surface area contributed by atoms with E-state index in [2.05, 4.69) is 20.6 Å². The number of aromatic nitrogens is 2. The Morgan fingerprint density at radius 3 is 2.65 bits per heavy atom. The van der Waals surface area contributed by atoms with Gasteiger partial charge in [0.05, 0.1) is 17.4 Å². The molecule has 0 unspecified atom stereocenters. The molecule has 3 rings (SSSR count). The highest BCUT2D eigenvalue weighted by Crippen LogP contribution is 2.12. The summed E-state index contributed by atoms with van der Waals surface area (Å²) in [5.74, 6) is -0.305. The fourth-order valence-electron chi connectivity index (χ4n) is 2.29. The Morgan fingerprint density at radius 1 is 1.13 bits per heavy atom. The molecule has 2 amide bonds. The lowest BCUT2D eigenvalue weighted by Gasteiger charge is -2.07. The maximum absolute atomic E-state index is 12.1. The number of imidazole rings is 1. The van der Waals surface area contributed by atoms with Crippen molar-refractivity contribution in [1.82, 2.24) is 15.3 Å². The van der Waals surface area contributed by atoms with Crippen molar-refractivity contribution in [2.45, 2.75) is 13.5 Å². The molecule has 6 nitrogen and oxygen atoms in total. The lowest BCUT2D eigenvalue weighted by atomic mass is 10.1. The Bertz CT molecular complexity index is 852. The van der Waals surface area contributed by atoms with Gasteiger partial charge in [0, 0.05) is 24.7 Å². The number of carbonyl (C=O) groups excluding carboxylic acids is 2. The molecule has 3 aromatic rings. The van der Waals surface area contributed by atoms with Crippen LogP contribution in [-0.2, 0) is 11.3 Å². The zero-order valence-corrected chi connectivity index (χ0v) is 12.6. The van der Waals surface area contributed by atoms with Gasteiger partial charge in [0.15, 0.2) is 0 Å². The number of amides is 2. The van der Waals surface area contributed by atoms with Crippen molar-refractivity contribution in [3.8, 4) is 0 Å². The van der Waals surface area contributed by atoms with Gasteiger partial charge in [-0.2, -0.15) is 0 Å². The monoisotopic (exact) mass is 308 g/mol. The van der Waals surface area contributed by atoms with E-state index in [0.29, 0.717) is 17.8 Å². The summed E-state index contributed by atoms with van der Waals surface area (Å²) in [5.41, 5.74) is 4.04. The lowest BCUT2D eigenvalue weighted by molar-refractivity contribution is -0.114. The highest BCUT2D eigenvalue weighted by molar-refractivity contribution is 5.95. The van der Waals surface area contributed by atoms with Crippen LogP contribution in [0.4, 0.5) is 5.69 Å². The molecule has 1 aromatic heterocycles. The van der Waals surface area contributed by atoms with E-state index in [1.807, 2.05) is 18.2 Å². The van der Waals surface area contributed by atoms with Crippen molar-refractivity contribution in [1.29, 1.82) is 0 Å². The van der Waals surface area contributed by atoms with Gasteiger partial charge in [0.2, 0.25) is 5.91 Å². The van der Waals surface area contributed by atoms with Crippen molar-refractivity contribution in [3.63, 3.8) is 0 Å². The molecule has 6 heteroatoms. The van der Waals surface area contributed by atoms with Gasteiger partial charge in [-0.05, 0) is 42.0 Å². The van der Waals surface area contributed by atoms with Crippen LogP contribution in [0.2, 0.25) is 0 Å². The highest BCUT2D eigenvalue weighted by atomic mass is 16.2. The van der Waals surface area contributed by atoms with Gasteiger partial charge in [0.1, 0.15) is 0 Å². The van der Waals surface area contributed by atoms with Crippen molar-refractivity contribution in [2.75, 3.05) is 5.32 Å². The van der Waals surface area contributed by atoms with Crippen LogP contribution in [0.25, 0.3) is 11.0 Å². The Kier molecular flexibility index (Phi) is 4.05. The number of carbonyl (C=O) groups is 2. The first kappa shape index (κ1) is 14.8. The maximum Gasteiger partial charge on any atom is 0.251 e. The van der Waals surface area contributed by atoms with Crippen LogP contribution >= 0.6 is 0 Å². The summed E-state index contributed by atoms with van der Waals surface area (Å²) in [6.45, 7) is 1.87. The number of rotatable bonds is 4. The Hall–Kier alpha value is -3.15. The van der Waals surface area contributed by atoms with Crippen LogP contribution in [-0.4, -0.2) is 21.8 Å². The molecule has 23 heavy (non-hydrogen) atoms. The molecule has 0 fully saturated rings. The van der Waals surface area contributed by atoms with Crippen LogP contribution in [0.5, 0.6) is 0 Å². The number of fused-ring (bicyclic) bond motifs is 1. The first-order valence-corrected chi connectivity index (χ1v) is 7.20. The van der Waals surface area contributed by atoms with Crippen molar-refractivity contribution in [3.05, 3.63) is 59.9 Å². The number of hydrogen-bond donors (Lipinski definition) is 3. The second-order valence-corrected chi connectivity index (χ2v) is 5.20. The predicted octanol–water partition coefficient (Wildman–Crippen LogP) is 2.45. The number of nitrogens with one attached hydrogen (secondary N) is 3. The molecule has 0 aliphatic carbocycles. The van der Waals surface area contributed by atoms with Crippen molar-refractivity contribution in [2.24, 2.45) is 0 Å². The largest absolute Gasteiger partial charge is 0.348 e. The molecule has 0 aliphatic rings. The van der Waals surface area contributed by atoms with E-state index in [-0.39, 0.29) is 11.8 Å². The molecule has 0 saturated heterocycles. The number of aromatic amines is 1. The van der Waals surface area contributed by atoms with Crippen molar-refractivity contribution < 1.29 is 9.59 Å². The predicted molar refractivity (Wildman–Crippen MR) is 88.0 cm³/mol. The first-order valence-electron chi connectivity index (χ1n) is 7.20. The molecule has 0 bridgehead atoms. The second-order valence-electron chi connectivity index (χ2n) is 5.20. The SMILES string of the molecule is CC(=O)Nc1ccc(C(=O)NCc2ccc3nc[nH]c3c2)cc1. The Balaban J connectivity index is 1.63. The molecule has 116 valence electrons. The average Bonchev–Trinajstić information content (AvgIpc) is 3.00. The van der Waals surface area contributed by atoms with E-state index >= 15 is 0 Å². The minimum absolute atomic E-state index is 0.142. The van der Waals surface area contributed by atoms with Gasteiger partial charge in [-0.3, -0.25) is 9.59 Å². The van der Waals surface area contributed by atoms with Crippen molar-refractivity contribution >= 4 is 28.5 Å². The summed E-state index contributed by atoms with van der Waals surface area (Å²) in [6.07, 6.45) is 1.64. The van der Waals surface area contributed by atoms with Gasteiger partial charge in [-0.25, -0.2) is 4.98 Å². The standard InChI is InChI=1S/C17H16N4O2/c1-11(22)21-14-5-3-13(4-6-14)17(23)18-9-12-2-7-15-16(8-12)20-10-19-15/h2-8,10H,9H2,1H3,(H,18,23)(H,19,20)(H,21,22). The maximum atomic E-state index is 12.1. The molecule has 2 aromatic carbocycles. The number of nitrogens with zero attached hydrogens (tertiary/aromatic N) is 1. The Morgan fingerprint density at radius 2 is 1.91 bits per heavy atom. The summed E-state index contributed by atoms with van der Waals surface area (Å²) in [4.78, 5) is 30.3. The van der Waals surface area contributed by atoms with E-state index in [0.717, 1.165) is 16.6 Å². The Labute approximate surface area is 132 Å². The zero-order valence-electron chi connectivity index (χ0n) is 12.6. The molecular formula is C17H16N4O2. The molecule has 0 saturated carbocycles. The molecular weight excluding hydrogens is 292 g/mol. The van der Waals surface area contributed by atoms with Gasteiger partial charge in [-0.15, -0.1) is 0 Å². The summed E-state index contributed by atoms with van der Waals surface area (Å²) in [6, 6.07) is 12.6. The molecule has 3 N–H and O–H groups in total. The van der Waals surface area contributed by atoms with E-state index < -0.39 is 0 Å². The molecule has 0 aliphatic heterocycles. The second kappa shape index (κ2) is 6.31. The average molecular weight is 308 g/mol. The van der Waals surface area contributed by atoms with E-state index in [9.17, 15) is 9.59 Å².